The normalized spacial score (nSPS) is 19.2. The molecule has 1 nitrogen and oxygen atoms in total. The van der Waals surface area contributed by atoms with Crippen LogP contribution in [0.25, 0.3) is 0 Å². The van der Waals surface area contributed by atoms with Crippen molar-refractivity contribution in [3.8, 4) is 0 Å². The molecule has 2 rings (SSSR count). The van der Waals surface area contributed by atoms with Crippen LogP contribution in [0.1, 0.15) is 51.5 Å². The lowest BCUT2D eigenvalue weighted by Crippen LogP contribution is -2.45. The van der Waals surface area contributed by atoms with Gasteiger partial charge in [-0.2, -0.15) is 0 Å². The van der Waals surface area contributed by atoms with Crippen molar-refractivity contribution in [3.63, 3.8) is 0 Å². The molecule has 20 heavy (non-hydrogen) atoms. The summed E-state index contributed by atoms with van der Waals surface area (Å²) in [6.07, 6.45) is 7.60. The summed E-state index contributed by atoms with van der Waals surface area (Å²) in [7, 11) is 0. The summed E-state index contributed by atoms with van der Waals surface area (Å²) < 4.78 is 0. The van der Waals surface area contributed by atoms with Crippen LogP contribution in [0.2, 0.25) is 10.0 Å². The van der Waals surface area contributed by atoms with E-state index in [0.29, 0.717) is 11.5 Å². The Morgan fingerprint density at radius 1 is 1.20 bits per heavy atom. The SMILES string of the molecule is CCNC(Cc1cc(Cl)ccc1Cl)C1(CC)CCCC1. The number of hydrogen-bond donors (Lipinski definition) is 1. The van der Waals surface area contributed by atoms with Crippen LogP contribution in [0.4, 0.5) is 0 Å². The van der Waals surface area contributed by atoms with Gasteiger partial charge in [0.2, 0.25) is 0 Å². The minimum atomic E-state index is 0.432. The van der Waals surface area contributed by atoms with Gasteiger partial charge in [-0.05, 0) is 61.4 Å². The molecule has 0 spiro atoms. The number of benzene rings is 1. The summed E-state index contributed by atoms with van der Waals surface area (Å²) >= 11 is 12.5. The van der Waals surface area contributed by atoms with Gasteiger partial charge in [-0.25, -0.2) is 0 Å². The topological polar surface area (TPSA) is 12.0 Å². The van der Waals surface area contributed by atoms with Gasteiger partial charge in [0, 0.05) is 16.1 Å². The first-order valence-electron chi connectivity index (χ1n) is 7.78. The van der Waals surface area contributed by atoms with Crippen molar-refractivity contribution in [3.05, 3.63) is 33.8 Å². The van der Waals surface area contributed by atoms with E-state index in [1.165, 1.54) is 37.7 Å². The quantitative estimate of drug-likeness (QED) is 0.732. The van der Waals surface area contributed by atoms with E-state index in [9.17, 15) is 0 Å². The number of halogens is 2. The van der Waals surface area contributed by atoms with Gasteiger partial charge in [-0.3, -0.25) is 0 Å². The van der Waals surface area contributed by atoms with Crippen molar-refractivity contribution >= 4 is 23.2 Å². The second kappa shape index (κ2) is 7.15. The fourth-order valence-corrected chi connectivity index (χ4v) is 4.09. The summed E-state index contributed by atoms with van der Waals surface area (Å²) in [5, 5.41) is 5.32. The van der Waals surface area contributed by atoms with Gasteiger partial charge in [0.15, 0.2) is 0 Å². The van der Waals surface area contributed by atoms with E-state index in [2.05, 4.69) is 19.2 Å². The van der Waals surface area contributed by atoms with E-state index in [0.717, 1.165) is 23.0 Å². The molecule has 112 valence electrons. The lowest BCUT2D eigenvalue weighted by atomic mass is 9.74. The molecule has 1 saturated carbocycles. The molecule has 1 atom stereocenters. The first kappa shape index (κ1) is 16.1. The molecule has 1 N–H and O–H groups in total. The summed E-state index contributed by atoms with van der Waals surface area (Å²) in [4.78, 5) is 0. The molecule has 3 heteroatoms. The van der Waals surface area contributed by atoms with Gasteiger partial charge < -0.3 is 5.32 Å². The number of nitrogens with one attached hydrogen (secondary N) is 1. The zero-order chi connectivity index (χ0) is 14.6. The monoisotopic (exact) mass is 313 g/mol. The van der Waals surface area contributed by atoms with Crippen molar-refractivity contribution in [1.82, 2.24) is 5.32 Å². The molecule has 0 aromatic heterocycles. The third-order valence-corrected chi connectivity index (χ3v) is 5.53. The van der Waals surface area contributed by atoms with E-state index in [1.807, 2.05) is 18.2 Å². The summed E-state index contributed by atoms with van der Waals surface area (Å²) in [5.41, 5.74) is 1.60. The van der Waals surface area contributed by atoms with Crippen molar-refractivity contribution < 1.29 is 0 Å². The molecule has 0 bridgehead atoms. The molecule has 0 aliphatic heterocycles. The van der Waals surface area contributed by atoms with Crippen LogP contribution < -0.4 is 5.32 Å². The van der Waals surface area contributed by atoms with E-state index < -0.39 is 0 Å². The van der Waals surface area contributed by atoms with Crippen molar-refractivity contribution in [2.24, 2.45) is 5.41 Å². The molecule has 1 aliphatic rings. The van der Waals surface area contributed by atoms with E-state index in [1.54, 1.807) is 0 Å². The smallest absolute Gasteiger partial charge is 0.0439 e. The summed E-state index contributed by atoms with van der Waals surface area (Å²) in [6, 6.07) is 6.29. The minimum absolute atomic E-state index is 0.432. The van der Waals surface area contributed by atoms with Gasteiger partial charge in [-0.15, -0.1) is 0 Å². The molecule has 1 fully saturated rings. The molecule has 0 saturated heterocycles. The maximum Gasteiger partial charge on any atom is 0.0439 e. The highest BCUT2D eigenvalue weighted by atomic mass is 35.5. The Bertz CT molecular complexity index is 439. The standard InChI is InChI=1S/C17H25Cl2N/c1-3-17(9-5-6-10-17)16(20-4-2)12-13-11-14(18)7-8-15(13)19/h7-8,11,16,20H,3-6,9-10,12H2,1-2H3. The van der Waals surface area contributed by atoms with Gasteiger partial charge in [-0.1, -0.05) is 49.9 Å². The van der Waals surface area contributed by atoms with Gasteiger partial charge in [0.05, 0.1) is 0 Å². The lowest BCUT2D eigenvalue weighted by molar-refractivity contribution is 0.186. The first-order valence-corrected chi connectivity index (χ1v) is 8.54. The molecule has 1 unspecified atom stereocenters. The second-order valence-electron chi connectivity index (χ2n) is 5.97. The number of rotatable bonds is 6. The molecule has 1 aliphatic carbocycles. The van der Waals surface area contributed by atoms with E-state index >= 15 is 0 Å². The molecule has 1 aromatic rings. The Hall–Kier alpha value is -0.240. The van der Waals surface area contributed by atoms with Crippen molar-refractivity contribution in [2.75, 3.05) is 6.54 Å². The predicted molar refractivity (Wildman–Crippen MR) is 88.8 cm³/mol. The average molecular weight is 314 g/mol. The average Bonchev–Trinajstić information content (AvgIpc) is 2.92. The highest BCUT2D eigenvalue weighted by Gasteiger charge is 2.39. The van der Waals surface area contributed by atoms with Crippen LogP contribution in [-0.2, 0) is 6.42 Å². The van der Waals surface area contributed by atoms with E-state index in [-0.39, 0.29) is 0 Å². The molecule has 1 aromatic carbocycles. The molecule has 0 heterocycles. The number of likely N-dealkylation sites (N-methyl/N-ethyl adjacent to an activating group) is 1. The highest BCUT2D eigenvalue weighted by molar-refractivity contribution is 6.33. The molecule has 0 amide bonds. The van der Waals surface area contributed by atoms with Gasteiger partial charge in [0.1, 0.15) is 0 Å². The van der Waals surface area contributed by atoms with Crippen molar-refractivity contribution in [1.29, 1.82) is 0 Å². The van der Waals surface area contributed by atoms with Crippen LogP contribution >= 0.6 is 23.2 Å². The van der Waals surface area contributed by atoms with Crippen molar-refractivity contribution in [2.45, 2.75) is 58.4 Å². The molecular weight excluding hydrogens is 289 g/mol. The Morgan fingerprint density at radius 2 is 1.90 bits per heavy atom. The first-order chi connectivity index (χ1) is 9.61. The van der Waals surface area contributed by atoms with E-state index in [4.69, 9.17) is 23.2 Å². The van der Waals surface area contributed by atoms with Crippen LogP contribution in [0.5, 0.6) is 0 Å². The largest absolute Gasteiger partial charge is 0.313 e. The fourth-order valence-electron chi connectivity index (χ4n) is 3.70. The zero-order valence-electron chi connectivity index (χ0n) is 12.5. The number of hydrogen-bond acceptors (Lipinski definition) is 1. The van der Waals surface area contributed by atoms with Crippen LogP contribution in [-0.4, -0.2) is 12.6 Å². The lowest BCUT2D eigenvalue weighted by Gasteiger charge is -2.38. The maximum absolute atomic E-state index is 6.35. The Labute approximate surface area is 133 Å². The third-order valence-electron chi connectivity index (χ3n) is 4.92. The third kappa shape index (κ3) is 3.50. The Balaban J connectivity index is 2.22. The van der Waals surface area contributed by atoms with Gasteiger partial charge in [0.25, 0.3) is 0 Å². The van der Waals surface area contributed by atoms with Crippen LogP contribution in [0.15, 0.2) is 18.2 Å². The van der Waals surface area contributed by atoms with Gasteiger partial charge >= 0.3 is 0 Å². The Morgan fingerprint density at radius 3 is 2.50 bits per heavy atom. The minimum Gasteiger partial charge on any atom is -0.313 e. The fraction of sp³-hybridized carbons (Fsp3) is 0.647. The second-order valence-corrected chi connectivity index (χ2v) is 6.82. The van der Waals surface area contributed by atoms with Crippen LogP contribution in [0.3, 0.4) is 0 Å². The zero-order valence-corrected chi connectivity index (χ0v) is 14.0. The van der Waals surface area contributed by atoms with Crippen LogP contribution in [0, 0.1) is 5.41 Å². The summed E-state index contributed by atoms with van der Waals surface area (Å²) in [5.74, 6) is 0. The highest BCUT2D eigenvalue weighted by Crippen LogP contribution is 2.45. The molecular formula is C17H25Cl2N. The Kier molecular flexibility index (Phi) is 5.77. The molecule has 0 radical (unpaired) electrons. The summed E-state index contributed by atoms with van der Waals surface area (Å²) in [6.45, 7) is 5.52. The predicted octanol–water partition coefficient (Wildman–Crippen LogP) is 5.48. The maximum atomic E-state index is 6.35.